The second-order valence-corrected chi connectivity index (χ2v) is 11.1. The third kappa shape index (κ3) is 3.02. The molecule has 0 radical (unpaired) electrons. The molecule has 0 spiro atoms. The average molecular weight is 463 g/mol. The Hall–Kier alpha value is -2.94. The Morgan fingerprint density at radius 2 is 1.82 bits per heavy atom. The van der Waals surface area contributed by atoms with Crippen molar-refractivity contribution in [2.24, 2.45) is 17.8 Å². The smallest absolute Gasteiger partial charge is 0.315 e. The summed E-state index contributed by atoms with van der Waals surface area (Å²) in [6.07, 6.45) is 11.3. The van der Waals surface area contributed by atoms with Gasteiger partial charge in [-0.3, -0.25) is 19.4 Å². The first kappa shape index (κ1) is 20.4. The molecule has 0 aromatic carbocycles. The number of likely N-dealkylation sites (tertiary alicyclic amines) is 1. The number of aromatic nitrogens is 4. The van der Waals surface area contributed by atoms with E-state index in [1.807, 2.05) is 6.07 Å². The number of piperidine rings is 1. The predicted molar refractivity (Wildman–Crippen MR) is 126 cm³/mol. The van der Waals surface area contributed by atoms with Crippen molar-refractivity contribution in [1.29, 1.82) is 0 Å². The van der Waals surface area contributed by atoms with Gasteiger partial charge in [-0.1, -0.05) is 0 Å². The molecule has 5 aliphatic rings. The van der Waals surface area contributed by atoms with Crippen LogP contribution in [-0.4, -0.2) is 60.3 Å². The van der Waals surface area contributed by atoms with E-state index in [0.717, 1.165) is 67.7 Å². The number of anilines is 1. The van der Waals surface area contributed by atoms with E-state index in [1.165, 1.54) is 0 Å². The molecule has 1 saturated heterocycles. The number of aromatic amines is 1. The van der Waals surface area contributed by atoms with Gasteiger partial charge in [-0.15, -0.1) is 0 Å². The zero-order valence-electron chi connectivity index (χ0n) is 19.2. The van der Waals surface area contributed by atoms with Gasteiger partial charge in [0.05, 0.1) is 22.5 Å². The number of nitrogens with one attached hydrogen (secondary N) is 2. The zero-order chi connectivity index (χ0) is 23.0. The summed E-state index contributed by atoms with van der Waals surface area (Å²) in [5.74, 6) is 0.783. The van der Waals surface area contributed by atoms with E-state index in [-0.39, 0.29) is 6.04 Å². The molecule has 4 heterocycles. The number of hydrogen-bond donors (Lipinski definition) is 3. The van der Waals surface area contributed by atoms with E-state index in [2.05, 4.69) is 25.1 Å². The van der Waals surface area contributed by atoms with Crippen molar-refractivity contribution >= 4 is 39.6 Å². The van der Waals surface area contributed by atoms with E-state index in [4.69, 9.17) is 0 Å². The van der Waals surface area contributed by atoms with Gasteiger partial charge in [0.1, 0.15) is 5.82 Å². The normalized spacial score (nSPS) is 32.6. The lowest BCUT2D eigenvalue weighted by Gasteiger charge is -2.58. The molecule has 3 aromatic heterocycles. The van der Waals surface area contributed by atoms with Crippen LogP contribution < -0.4 is 5.32 Å². The van der Waals surface area contributed by atoms with Crippen LogP contribution in [-0.2, 0) is 9.59 Å². The van der Waals surface area contributed by atoms with E-state index in [1.54, 1.807) is 17.3 Å². The van der Waals surface area contributed by atoms with Gasteiger partial charge in [0, 0.05) is 30.9 Å². The molecular weight excluding hydrogens is 432 g/mol. The number of nitrogens with zero attached hydrogens (tertiary/aromatic N) is 4. The molecular formula is C25H30N6O3. The van der Waals surface area contributed by atoms with Crippen LogP contribution in [0.5, 0.6) is 0 Å². The van der Waals surface area contributed by atoms with Gasteiger partial charge in [-0.25, -0.2) is 9.97 Å². The molecule has 178 valence electrons. The number of hydrogen-bond acceptors (Lipinski definition) is 5. The number of H-pyrrole nitrogens is 1. The summed E-state index contributed by atoms with van der Waals surface area (Å²) >= 11 is 0. The molecule has 5 atom stereocenters. The molecule has 34 heavy (non-hydrogen) atoms. The Kier molecular flexibility index (Phi) is 4.37. The van der Waals surface area contributed by atoms with Crippen LogP contribution in [0.1, 0.15) is 57.4 Å². The van der Waals surface area contributed by atoms with Crippen LogP contribution in [0.25, 0.3) is 21.9 Å². The highest BCUT2D eigenvalue weighted by atomic mass is 16.3. The number of rotatable bonds is 2. The van der Waals surface area contributed by atoms with Crippen molar-refractivity contribution in [3.63, 3.8) is 0 Å². The summed E-state index contributed by atoms with van der Waals surface area (Å²) in [5, 5.41) is 19.1. The summed E-state index contributed by atoms with van der Waals surface area (Å²) in [6, 6.07) is 2.17. The standard InChI is InChI=1S/C25H30N6O3/c32-23(24(33)30-6-2-1-3-7-30)28-22-18-13-27-21-17(4-5-26-21)20(18)31(29-22)19-15-8-14-9-16(19)12-25(34,10-14)11-15/h4-5,13-16,19,29,34H,1-3,6-12H2,(H,28,32)/t14?,15-,16+,19?,25?. The average Bonchev–Trinajstić information content (AvgIpc) is 3.42. The summed E-state index contributed by atoms with van der Waals surface area (Å²) < 4.78 is 2.19. The minimum absolute atomic E-state index is 0.211. The topological polar surface area (TPSA) is 116 Å². The molecule has 4 saturated carbocycles. The van der Waals surface area contributed by atoms with Crippen LogP contribution in [0.3, 0.4) is 0 Å². The summed E-state index contributed by atoms with van der Waals surface area (Å²) in [6.45, 7) is 1.27. The Balaban J connectivity index is 1.29. The first-order chi connectivity index (χ1) is 16.5. The Morgan fingerprint density at radius 3 is 2.56 bits per heavy atom. The lowest BCUT2D eigenvalue weighted by Crippen LogP contribution is -2.55. The quantitative estimate of drug-likeness (QED) is 0.507. The van der Waals surface area contributed by atoms with Crippen molar-refractivity contribution in [2.45, 2.75) is 63.0 Å². The third-order valence-corrected chi connectivity index (χ3v) is 8.81. The lowest BCUT2D eigenvalue weighted by atomic mass is 9.52. The van der Waals surface area contributed by atoms with Crippen LogP contribution >= 0.6 is 0 Å². The maximum atomic E-state index is 12.9. The third-order valence-electron chi connectivity index (χ3n) is 8.81. The maximum absolute atomic E-state index is 12.9. The van der Waals surface area contributed by atoms with Gasteiger partial charge in [0.15, 0.2) is 5.65 Å². The molecule has 2 amide bonds. The number of pyridine rings is 1. The summed E-state index contributed by atoms with van der Waals surface area (Å²) in [4.78, 5) is 36.3. The van der Waals surface area contributed by atoms with E-state index >= 15 is 0 Å². The van der Waals surface area contributed by atoms with Gasteiger partial charge < -0.3 is 15.3 Å². The van der Waals surface area contributed by atoms with Crippen molar-refractivity contribution in [3.8, 4) is 0 Å². The monoisotopic (exact) mass is 462 g/mol. The fraction of sp³-hybridized carbons (Fsp3) is 0.600. The number of carbonyl (C=O) groups is 2. The van der Waals surface area contributed by atoms with Crippen LogP contribution in [0.4, 0.5) is 5.82 Å². The molecule has 4 aliphatic carbocycles. The summed E-state index contributed by atoms with van der Waals surface area (Å²) in [5.41, 5.74) is 1.12. The van der Waals surface area contributed by atoms with Crippen LogP contribution in [0, 0.1) is 17.8 Å². The van der Waals surface area contributed by atoms with Crippen LogP contribution in [0.15, 0.2) is 18.5 Å². The zero-order valence-corrected chi connectivity index (χ0v) is 19.2. The van der Waals surface area contributed by atoms with Crippen molar-refractivity contribution < 1.29 is 14.7 Å². The Labute approximate surface area is 196 Å². The Morgan fingerprint density at radius 1 is 1.06 bits per heavy atom. The van der Waals surface area contributed by atoms with Crippen LogP contribution in [0.2, 0.25) is 0 Å². The number of amides is 2. The molecule has 5 fully saturated rings. The highest BCUT2D eigenvalue weighted by molar-refractivity contribution is 6.40. The molecule has 4 bridgehead atoms. The van der Waals surface area contributed by atoms with E-state index < -0.39 is 17.4 Å². The SMILES string of the molecule is O=C(Nc1[nH]n(C2[C@@H]3CC4C[C@H]2CC(O)(C4)C3)c2c1cnc1nccc12)C(=O)N1CCCCC1. The Bertz CT molecular complexity index is 1290. The lowest BCUT2D eigenvalue weighted by molar-refractivity contribution is -0.148. The molecule has 8 rings (SSSR count). The van der Waals surface area contributed by atoms with Gasteiger partial charge in [-0.05, 0) is 75.2 Å². The molecule has 3 aromatic rings. The predicted octanol–water partition coefficient (Wildman–Crippen LogP) is 2.98. The van der Waals surface area contributed by atoms with Gasteiger partial charge >= 0.3 is 11.8 Å². The first-order valence-corrected chi connectivity index (χ1v) is 12.7. The van der Waals surface area contributed by atoms with Gasteiger partial charge in [0.2, 0.25) is 0 Å². The van der Waals surface area contributed by atoms with E-state index in [9.17, 15) is 14.7 Å². The van der Waals surface area contributed by atoms with Crippen molar-refractivity contribution in [1.82, 2.24) is 24.6 Å². The minimum atomic E-state index is -0.614. The van der Waals surface area contributed by atoms with Crippen molar-refractivity contribution in [3.05, 3.63) is 18.5 Å². The maximum Gasteiger partial charge on any atom is 0.315 e. The van der Waals surface area contributed by atoms with Gasteiger partial charge in [-0.2, -0.15) is 0 Å². The number of aliphatic hydroxyl groups is 1. The second-order valence-electron chi connectivity index (χ2n) is 11.1. The number of fused-ring (bicyclic) bond motifs is 3. The molecule has 3 unspecified atom stereocenters. The first-order valence-electron chi connectivity index (χ1n) is 12.7. The fourth-order valence-electron chi connectivity index (χ4n) is 7.73. The molecule has 9 nitrogen and oxygen atoms in total. The highest BCUT2D eigenvalue weighted by Crippen LogP contribution is 2.60. The van der Waals surface area contributed by atoms with Gasteiger partial charge in [0.25, 0.3) is 0 Å². The largest absolute Gasteiger partial charge is 0.390 e. The molecule has 3 N–H and O–H groups in total. The fourth-order valence-corrected chi connectivity index (χ4v) is 7.73. The van der Waals surface area contributed by atoms with E-state index in [0.29, 0.717) is 42.3 Å². The van der Waals surface area contributed by atoms with Crippen molar-refractivity contribution in [2.75, 3.05) is 18.4 Å². The minimum Gasteiger partial charge on any atom is -0.390 e. The number of carbonyl (C=O) groups excluding carboxylic acids is 2. The summed E-state index contributed by atoms with van der Waals surface area (Å²) in [7, 11) is 0. The highest BCUT2D eigenvalue weighted by Gasteiger charge is 2.55. The second kappa shape index (κ2) is 7.28. The molecule has 1 aliphatic heterocycles. The molecule has 9 heteroatoms.